The third-order valence-electron chi connectivity index (χ3n) is 2.95. The molecule has 0 aliphatic rings. The molecule has 0 aliphatic heterocycles. The molecule has 0 spiro atoms. The molecule has 3 nitrogen and oxygen atoms in total. The number of aromatic nitrogens is 2. The van der Waals surface area contributed by atoms with Gasteiger partial charge in [-0.1, -0.05) is 11.6 Å². The number of fused-ring (bicyclic) bond motifs is 1. The number of aryl methyl sites for hydroxylation is 2. The molecule has 1 aromatic carbocycles. The molecular weight excluding hydrogens is 285 g/mol. The molecule has 3 aromatic rings. The van der Waals surface area contributed by atoms with Crippen molar-refractivity contribution in [2.45, 2.75) is 13.0 Å². The van der Waals surface area contributed by atoms with Gasteiger partial charge in [0.15, 0.2) is 0 Å². The van der Waals surface area contributed by atoms with Crippen LogP contribution in [0.15, 0.2) is 30.3 Å². The predicted octanol–water partition coefficient (Wildman–Crippen LogP) is 3.72. The summed E-state index contributed by atoms with van der Waals surface area (Å²) < 4.78 is 15.9. The van der Waals surface area contributed by atoms with Crippen molar-refractivity contribution >= 4 is 39.9 Å². The Morgan fingerprint density at radius 1 is 1.32 bits per heavy atom. The Bertz CT molecular complexity index is 735. The van der Waals surface area contributed by atoms with E-state index in [1.54, 1.807) is 17.4 Å². The highest BCUT2D eigenvalue weighted by atomic mass is 35.5. The Morgan fingerprint density at radius 3 is 2.89 bits per heavy atom. The highest BCUT2D eigenvalue weighted by Gasteiger charge is 2.09. The third-order valence-corrected chi connectivity index (χ3v) is 4.24. The quantitative estimate of drug-likeness (QED) is 0.800. The largest absolute Gasteiger partial charge is 0.369 e. The monoisotopic (exact) mass is 295 g/mol. The van der Waals surface area contributed by atoms with E-state index in [4.69, 9.17) is 17.3 Å². The van der Waals surface area contributed by atoms with Gasteiger partial charge in [-0.25, -0.2) is 9.37 Å². The van der Waals surface area contributed by atoms with E-state index in [9.17, 15) is 4.39 Å². The molecule has 0 bridgehead atoms. The minimum absolute atomic E-state index is 0.284. The average molecular weight is 296 g/mol. The van der Waals surface area contributed by atoms with Crippen LogP contribution < -0.4 is 5.73 Å². The van der Waals surface area contributed by atoms with Crippen LogP contribution in [0.3, 0.4) is 0 Å². The van der Waals surface area contributed by atoms with Gasteiger partial charge in [0.25, 0.3) is 0 Å². The summed E-state index contributed by atoms with van der Waals surface area (Å²) >= 11 is 7.43. The SMILES string of the molecule is Nc1nc2ccc(F)cc2n1CCc1ccc(Cl)s1. The second kappa shape index (κ2) is 4.83. The van der Waals surface area contributed by atoms with Crippen molar-refractivity contribution < 1.29 is 4.39 Å². The lowest BCUT2D eigenvalue weighted by Crippen LogP contribution is -2.05. The molecule has 2 aromatic heterocycles. The molecule has 0 unspecified atom stereocenters. The molecule has 3 rings (SSSR count). The van der Waals surface area contributed by atoms with Crippen molar-refractivity contribution in [2.24, 2.45) is 0 Å². The maximum atomic E-state index is 13.3. The van der Waals surface area contributed by atoms with Crippen LogP contribution in [0, 0.1) is 5.82 Å². The third kappa shape index (κ3) is 2.43. The zero-order valence-electron chi connectivity index (χ0n) is 9.94. The number of nitrogens with zero attached hydrogens (tertiary/aromatic N) is 2. The molecule has 0 amide bonds. The molecule has 0 atom stereocenters. The topological polar surface area (TPSA) is 43.8 Å². The Hall–Kier alpha value is -1.59. The van der Waals surface area contributed by atoms with E-state index in [2.05, 4.69) is 4.98 Å². The first-order chi connectivity index (χ1) is 9.13. The number of hydrogen-bond acceptors (Lipinski definition) is 3. The van der Waals surface area contributed by atoms with Gasteiger partial charge < -0.3 is 10.3 Å². The Kier molecular flexibility index (Phi) is 3.16. The van der Waals surface area contributed by atoms with Crippen LogP contribution in [0.25, 0.3) is 11.0 Å². The van der Waals surface area contributed by atoms with Crippen LogP contribution >= 0.6 is 22.9 Å². The van der Waals surface area contributed by atoms with Gasteiger partial charge in [-0.2, -0.15) is 0 Å². The van der Waals surface area contributed by atoms with E-state index in [1.165, 1.54) is 17.0 Å². The number of rotatable bonds is 3. The molecule has 19 heavy (non-hydrogen) atoms. The summed E-state index contributed by atoms with van der Waals surface area (Å²) in [6.45, 7) is 0.655. The number of benzene rings is 1. The maximum absolute atomic E-state index is 13.3. The zero-order chi connectivity index (χ0) is 13.4. The van der Waals surface area contributed by atoms with Crippen LogP contribution in [0.2, 0.25) is 4.34 Å². The van der Waals surface area contributed by atoms with Gasteiger partial charge in [-0.3, -0.25) is 0 Å². The normalized spacial score (nSPS) is 11.3. The van der Waals surface area contributed by atoms with Crippen LogP contribution in [-0.2, 0) is 13.0 Å². The van der Waals surface area contributed by atoms with E-state index in [-0.39, 0.29) is 5.82 Å². The molecule has 0 saturated heterocycles. The van der Waals surface area contributed by atoms with Gasteiger partial charge in [-0.05, 0) is 36.8 Å². The molecule has 0 saturated carbocycles. The summed E-state index contributed by atoms with van der Waals surface area (Å²) in [5.41, 5.74) is 7.31. The van der Waals surface area contributed by atoms with E-state index >= 15 is 0 Å². The number of imidazole rings is 1. The van der Waals surface area contributed by atoms with Gasteiger partial charge in [0, 0.05) is 11.4 Å². The Balaban J connectivity index is 1.91. The van der Waals surface area contributed by atoms with Crippen molar-refractivity contribution in [3.05, 3.63) is 45.4 Å². The smallest absolute Gasteiger partial charge is 0.201 e. The minimum atomic E-state index is -0.284. The number of hydrogen-bond donors (Lipinski definition) is 1. The van der Waals surface area contributed by atoms with Gasteiger partial charge >= 0.3 is 0 Å². The molecular formula is C13H11ClFN3S. The number of anilines is 1. The predicted molar refractivity (Wildman–Crippen MR) is 77.1 cm³/mol. The fourth-order valence-electron chi connectivity index (χ4n) is 2.06. The van der Waals surface area contributed by atoms with E-state index < -0.39 is 0 Å². The lowest BCUT2D eigenvalue weighted by atomic mass is 10.3. The summed E-state index contributed by atoms with van der Waals surface area (Å²) in [7, 11) is 0. The molecule has 98 valence electrons. The van der Waals surface area contributed by atoms with Crippen LogP contribution in [0.5, 0.6) is 0 Å². The molecule has 0 fully saturated rings. The lowest BCUT2D eigenvalue weighted by molar-refractivity contribution is 0.627. The van der Waals surface area contributed by atoms with E-state index in [0.717, 1.165) is 16.3 Å². The Labute approximate surface area is 118 Å². The van der Waals surface area contributed by atoms with E-state index in [0.29, 0.717) is 18.0 Å². The van der Waals surface area contributed by atoms with Crippen molar-refractivity contribution in [1.29, 1.82) is 0 Å². The number of nitrogen functional groups attached to an aromatic ring is 1. The standard InChI is InChI=1S/C13H11ClFN3S/c14-12-4-2-9(19-12)5-6-18-11-7-8(15)1-3-10(11)17-13(18)16/h1-4,7H,5-6H2,(H2,16,17). The average Bonchev–Trinajstić information content (AvgIpc) is 2.90. The molecule has 6 heteroatoms. The minimum Gasteiger partial charge on any atom is -0.369 e. The molecule has 2 N–H and O–H groups in total. The van der Waals surface area contributed by atoms with Gasteiger partial charge in [0.2, 0.25) is 5.95 Å². The summed E-state index contributed by atoms with van der Waals surface area (Å²) in [4.78, 5) is 5.39. The highest BCUT2D eigenvalue weighted by molar-refractivity contribution is 7.16. The lowest BCUT2D eigenvalue weighted by Gasteiger charge is -2.05. The summed E-state index contributed by atoms with van der Waals surface area (Å²) in [5.74, 6) is 0.121. The van der Waals surface area contributed by atoms with Crippen molar-refractivity contribution in [1.82, 2.24) is 9.55 Å². The van der Waals surface area contributed by atoms with Crippen molar-refractivity contribution in [2.75, 3.05) is 5.73 Å². The van der Waals surface area contributed by atoms with Crippen LogP contribution in [0.1, 0.15) is 4.88 Å². The van der Waals surface area contributed by atoms with Crippen LogP contribution in [-0.4, -0.2) is 9.55 Å². The zero-order valence-corrected chi connectivity index (χ0v) is 11.5. The number of thiophene rings is 1. The summed E-state index contributed by atoms with van der Waals surface area (Å²) in [6, 6.07) is 8.34. The number of nitrogens with two attached hydrogens (primary N) is 1. The first kappa shape index (κ1) is 12.4. The summed E-state index contributed by atoms with van der Waals surface area (Å²) in [5, 5.41) is 0. The highest BCUT2D eigenvalue weighted by Crippen LogP contribution is 2.24. The first-order valence-corrected chi connectivity index (χ1v) is 6.98. The summed E-state index contributed by atoms with van der Waals surface area (Å²) in [6.07, 6.45) is 0.795. The fourth-order valence-corrected chi connectivity index (χ4v) is 3.13. The maximum Gasteiger partial charge on any atom is 0.201 e. The second-order valence-electron chi connectivity index (χ2n) is 4.21. The van der Waals surface area contributed by atoms with Crippen LogP contribution in [0.4, 0.5) is 10.3 Å². The second-order valence-corrected chi connectivity index (χ2v) is 6.01. The fraction of sp³-hybridized carbons (Fsp3) is 0.154. The van der Waals surface area contributed by atoms with Gasteiger partial charge in [0.05, 0.1) is 15.4 Å². The molecule has 2 heterocycles. The number of halogens is 2. The Morgan fingerprint density at radius 2 is 2.16 bits per heavy atom. The first-order valence-electron chi connectivity index (χ1n) is 5.79. The molecule has 0 aliphatic carbocycles. The van der Waals surface area contributed by atoms with Gasteiger partial charge in [-0.15, -0.1) is 11.3 Å². The molecule has 0 radical (unpaired) electrons. The van der Waals surface area contributed by atoms with Gasteiger partial charge in [0.1, 0.15) is 5.82 Å². The van der Waals surface area contributed by atoms with Crippen molar-refractivity contribution in [3.63, 3.8) is 0 Å². The van der Waals surface area contributed by atoms with Crippen molar-refractivity contribution in [3.8, 4) is 0 Å². The van der Waals surface area contributed by atoms with E-state index in [1.807, 2.05) is 16.7 Å².